The Morgan fingerprint density at radius 1 is 1.24 bits per heavy atom. The highest BCUT2D eigenvalue weighted by atomic mass is 35.5. The van der Waals surface area contributed by atoms with Crippen LogP contribution >= 0.6 is 22.9 Å². The van der Waals surface area contributed by atoms with E-state index in [1.54, 1.807) is 24.6 Å². The van der Waals surface area contributed by atoms with Crippen LogP contribution in [0.15, 0.2) is 57.5 Å². The predicted molar refractivity (Wildman–Crippen MR) is 103 cm³/mol. The molecule has 0 saturated heterocycles. The van der Waals surface area contributed by atoms with Gasteiger partial charge in [-0.25, -0.2) is 4.98 Å². The topological polar surface area (TPSA) is 62.5 Å². The average Bonchev–Trinajstić information content (AvgIpc) is 3.30. The van der Waals surface area contributed by atoms with E-state index >= 15 is 0 Å². The summed E-state index contributed by atoms with van der Waals surface area (Å²) >= 11 is 7.77. The molecule has 0 unspecified atom stereocenters. The molecule has 2 heterocycles. The highest BCUT2D eigenvalue weighted by Gasteiger charge is 2.08. The van der Waals surface area contributed by atoms with Crippen molar-refractivity contribution in [1.82, 2.24) is 15.6 Å². The van der Waals surface area contributed by atoms with E-state index in [1.807, 2.05) is 41.8 Å². The Hall–Kier alpha value is -2.31. The van der Waals surface area contributed by atoms with Crippen molar-refractivity contribution in [2.75, 3.05) is 13.6 Å². The van der Waals surface area contributed by atoms with Crippen molar-refractivity contribution < 1.29 is 4.42 Å². The second-order valence-electron chi connectivity index (χ2n) is 5.32. The molecule has 0 bridgehead atoms. The number of thiophene rings is 1. The average molecular weight is 375 g/mol. The fourth-order valence-corrected chi connectivity index (χ4v) is 3.20. The van der Waals surface area contributed by atoms with Crippen LogP contribution in [0.2, 0.25) is 5.02 Å². The third-order valence-electron chi connectivity index (χ3n) is 3.59. The van der Waals surface area contributed by atoms with Crippen LogP contribution < -0.4 is 10.6 Å². The maximum absolute atomic E-state index is 6.17. The van der Waals surface area contributed by atoms with Gasteiger partial charge in [0.2, 0.25) is 5.89 Å². The molecule has 3 aromatic rings. The van der Waals surface area contributed by atoms with E-state index < -0.39 is 0 Å². The summed E-state index contributed by atoms with van der Waals surface area (Å²) in [5.41, 5.74) is 1.95. The van der Waals surface area contributed by atoms with Gasteiger partial charge in [0.05, 0.1) is 17.1 Å². The van der Waals surface area contributed by atoms with Crippen molar-refractivity contribution >= 4 is 28.9 Å². The first-order valence-electron chi connectivity index (χ1n) is 7.92. The molecule has 0 aliphatic carbocycles. The summed E-state index contributed by atoms with van der Waals surface area (Å²) in [7, 11) is 1.74. The molecule has 0 aliphatic rings. The Labute approximate surface area is 155 Å². The molecular formula is C18H19ClN4OS. The number of benzene rings is 1. The third kappa shape index (κ3) is 4.84. The van der Waals surface area contributed by atoms with Crippen LogP contribution in [-0.4, -0.2) is 24.5 Å². The van der Waals surface area contributed by atoms with Gasteiger partial charge < -0.3 is 15.1 Å². The normalized spacial score (nSPS) is 11.5. The van der Waals surface area contributed by atoms with E-state index in [1.165, 1.54) is 0 Å². The number of oxazole rings is 1. The predicted octanol–water partition coefficient (Wildman–Crippen LogP) is 3.96. The number of hydrogen-bond donors (Lipinski definition) is 2. The van der Waals surface area contributed by atoms with Crippen molar-refractivity contribution in [2.24, 2.45) is 4.99 Å². The van der Waals surface area contributed by atoms with E-state index in [0.29, 0.717) is 18.4 Å². The van der Waals surface area contributed by atoms with Crippen molar-refractivity contribution in [2.45, 2.75) is 13.0 Å². The number of halogens is 1. The van der Waals surface area contributed by atoms with Gasteiger partial charge in [0.15, 0.2) is 5.96 Å². The van der Waals surface area contributed by atoms with Gasteiger partial charge in [-0.15, -0.1) is 11.3 Å². The molecule has 0 radical (unpaired) electrons. The molecule has 0 atom stereocenters. The molecule has 0 fully saturated rings. The fraction of sp³-hybridized carbons (Fsp3) is 0.222. The molecule has 5 nitrogen and oxygen atoms in total. The molecule has 2 N–H and O–H groups in total. The molecule has 3 rings (SSSR count). The van der Waals surface area contributed by atoms with E-state index in [4.69, 9.17) is 16.0 Å². The molecule has 0 amide bonds. The maximum atomic E-state index is 6.17. The molecule has 25 heavy (non-hydrogen) atoms. The fourth-order valence-electron chi connectivity index (χ4n) is 2.31. The monoisotopic (exact) mass is 374 g/mol. The Bertz CT molecular complexity index is 829. The number of aliphatic imine (C=N–C) groups is 1. The van der Waals surface area contributed by atoms with Crippen molar-refractivity contribution in [3.8, 4) is 10.8 Å². The third-order valence-corrected chi connectivity index (χ3v) is 4.82. The summed E-state index contributed by atoms with van der Waals surface area (Å²) in [6.07, 6.45) is 2.49. The SMILES string of the molecule is CN=C(NCCc1ccccc1Cl)NCc1coc(-c2cccs2)n1. The number of guanidine groups is 1. The van der Waals surface area contributed by atoms with Crippen molar-refractivity contribution in [1.29, 1.82) is 0 Å². The first-order chi connectivity index (χ1) is 12.3. The lowest BCUT2D eigenvalue weighted by atomic mass is 10.1. The number of hydrogen-bond acceptors (Lipinski definition) is 4. The van der Waals surface area contributed by atoms with E-state index in [0.717, 1.165) is 34.1 Å². The smallest absolute Gasteiger partial charge is 0.236 e. The summed E-state index contributed by atoms with van der Waals surface area (Å²) in [5, 5.41) is 9.30. The van der Waals surface area contributed by atoms with Crippen LogP contribution in [0.25, 0.3) is 10.8 Å². The zero-order valence-electron chi connectivity index (χ0n) is 13.8. The molecule has 0 saturated carbocycles. The molecule has 0 spiro atoms. The minimum atomic E-state index is 0.542. The Kier molecular flexibility index (Phi) is 6.09. The van der Waals surface area contributed by atoms with E-state index in [9.17, 15) is 0 Å². The lowest BCUT2D eigenvalue weighted by Gasteiger charge is -2.11. The first kappa shape index (κ1) is 17.5. The van der Waals surface area contributed by atoms with Crippen LogP contribution in [0, 0.1) is 0 Å². The van der Waals surface area contributed by atoms with Gasteiger partial charge in [0.25, 0.3) is 0 Å². The van der Waals surface area contributed by atoms with Gasteiger partial charge in [-0.05, 0) is 29.5 Å². The van der Waals surface area contributed by atoms with Crippen molar-refractivity contribution in [3.63, 3.8) is 0 Å². The Balaban J connectivity index is 1.47. The Morgan fingerprint density at radius 3 is 2.88 bits per heavy atom. The lowest BCUT2D eigenvalue weighted by molar-refractivity contribution is 0.573. The molecule has 7 heteroatoms. The van der Waals surface area contributed by atoms with Crippen LogP contribution in [-0.2, 0) is 13.0 Å². The summed E-state index contributed by atoms with van der Waals surface area (Å²) in [6.45, 7) is 1.28. The quantitative estimate of drug-likeness (QED) is 0.506. The molecule has 0 aliphatic heterocycles. The molecule has 130 valence electrons. The van der Waals surface area contributed by atoms with Crippen LogP contribution in [0.4, 0.5) is 0 Å². The van der Waals surface area contributed by atoms with Gasteiger partial charge in [0.1, 0.15) is 6.26 Å². The number of nitrogens with zero attached hydrogens (tertiary/aromatic N) is 2. The second-order valence-corrected chi connectivity index (χ2v) is 6.67. The maximum Gasteiger partial charge on any atom is 0.236 e. The summed E-state index contributed by atoms with van der Waals surface area (Å²) in [5.74, 6) is 1.36. The van der Waals surface area contributed by atoms with Gasteiger partial charge in [-0.3, -0.25) is 4.99 Å². The number of nitrogens with one attached hydrogen (secondary N) is 2. The van der Waals surface area contributed by atoms with Gasteiger partial charge >= 0.3 is 0 Å². The van der Waals surface area contributed by atoms with Gasteiger partial charge in [-0.1, -0.05) is 35.9 Å². The van der Waals surface area contributed by atoms with Gasteiger partial charge in [-0.2, -0.15) is 0 Å². The van der Waals surface area contributed by atoms with Crippen molar-refractivity contribution in [3.05, 3.63) is 64.3 Å². The van der Waals surface area contributed by atoms with Crippen LogP contribution in [0.3, 0.4) is 0 Å². The highest BCUT2D eigenvalue weighted by Crippen LogP contribution is 2.23. The zero-order chi connectivity index (χ0) is 17.5. The molecule has 1 aromatic carbocycles. The van der Waals surface area contributed by atoms with Crippen LogP contribution in [0.1, 0.15) is 11.3 Å². The summed E-state index contributed by atoms with van der Waals surface area (Å²) in [4.78, 5) is 9.72. The standard InChI is InChI=1S/C18H19ClN4OS/c1-20-18(21-9-8-13-5-2-3-6-15(13)19)22-11-14-12-24-17(23-14)16-7-4-10-25-16/h2-7,10,12H,8-9,11H2,1H3,(H2,20,21,22). The minimum Gasteiger partial charge on any atom is -0.443 e. The van der Waals surface area contributed by atoms with E-state index in [-0.39, 0.29) is 0 Å². The number of rotatable bonds is 6. The second kappa shape index (κ2) is 8.69. The number of aromatic nitrogens is 1. The summed E-state index contributed by atoms with van der Waals surface area (Å²) in [6, 6.07) is 11.8. The first-order valence-corrected chi connectivity index (χ1v) is 9.18. The lowest BCUT2D eigenvalue weighted by Crippen LogP contribution is -2.37. The minimum absolute atomic E-state index is 0.542. The Morgan fingerprint density at radius 2 is 2.12 bits per heavy atom. The largest absolute Gasteiger partial charge is 0.443 e. The zero-order valence-corrected chi connectivity index (χ0v) is 15.4. The molecular weight excluding hydrogens is 356 g/mol. The highest BCUT2D eigenvalue weighted by molar-refractivity contribution is 7.13. The van der Waals surface area contributed by atoms with E-state index in [2.05, 4.69) is 20.6 Å². The van der Waals surface area contributed by atoms with Crippen LogP contribution in [0.5, 0.6) is 0 Å². The summed E-state index contributed by atoms with van der Waals surface area (Å²) < 4.78 is 5.51. The van der Waals surface area contributed by atoms with Gasteiger partial charge in [0, 0.05) is 18.6 Å². The molecule has 2 aromatic heterocycles.